The lowest BCUT2D eigenvalue weighted by molar-refractivity contribution is -0.384. The number of thiocarbonyl (C=S) groups is 1. The molecule has 192 valence electrons. The monoisotopic (exact) mass is 550 g/mol. The van der Waals surface area contributed by atoms with E-state index >= 15 is 0 Å². The van der Waals surface area contributed by atoms with Gasteiger partial charge in [-0.25, -0.2) is 4.98 Å². The zero-order valence-corrected chi connectivity index (χ0v) is 22.1. The highest BCUT2D eigenvalue weighted by Gasteiger charge is 2.42. The fraction of sp³-hybridized carbons (Fsp3) is 0.0690. The maximum absolute atomic E-state index is 11.0. The molecule has 10 heteroatoms. The third-order valence-electron chi connectivity index (χ3n) is 6.48. The van der Waals surface area contributed by atoms with E-state index in [1.54, 1.807) is 36.3 Å². The van der Waals surface area contributed by atoms with Gasteiger partial charge in [-0.2, -0.15) is 0 Å². The minimum atomic E-state index is -0.394. The van der Waals surface area contributed by atoms with Crippen molar-refractivity contribution in [3.05, 3.63) is 137 Å². The minimum Gasteiger partial charge on any atom is -0.351 e. The van der Waals surface area contributed by atoms with Gasteiger partial charge in [0.15, 0.2) is 5.11 Å². The van der Waals surface area contributed by atoms with E-state index in [1.165, 1.54) is 12.1 Å². The van der Waals surface area contributed by atoms with E-state index in [2.05, 4.69) is 30.8 Å². The number of non-ortho nitro benzene ring substituents is 1. The molecular formula is C29H22N6O2S2. The van der Waals surface area contributed by atoms with Gasteiger partial charge in [0.05, 0.1) is 16.7 Å². The van der Waals surface area contributed by atoms with Crippen LogP contribution in [-0.4, -0.2) is 24.6 Å². The summed E-state index contributed by atoms with van der Waals surface area (Å²) in [4.78, 5) is 23.8. The lowest BCUT2D eigenvalue weighted by Crippen LogP contribution is -2.30. The SMILES string of the molecule is O=[N+]([O-])c1ccc(Sc2ccc(N3C(=S)N[C@H](c4ccccn4)[C@@H]3c3cccn3-c3ccccn3)cc2)cc1. The van der Waals surface area contributed by atoms with Gasteiger partial charge in [0.2, 0.25) is 0 Å². The van der Waals surface area contributed by atoms with Crippen LogP contribution in [0.15, 0.2) is 125 Å². The molecule has 2 aromatic carbocycles. The molecule has 1 aliphatic rings. The van der Waals surface area contributed by atoms with Crippen molar-refractivity contribution < 1.29 is 4.92 Å². The quantitative estimate of drug-likeness (QED) is 0.139. The van der Waals surface area contributed by atoms with Crippen molar-refractivity contribution in [1.29, 1.82) is 0 Å². The number of nitro benzene ring substituents is 1. The van der Waals surface area contributed by atoms with E-state index < -0.39 is 4.92 Å². The lowest BCUT2D eigenvalue weighted by Gasteiger charge is -2.29. The first-order chi connectivity index (χ1) is 19.1. The van der Waals surface area contributed by atoms with Crippen LogP contribution in [0, 0.1) is 10.1 Å². The van der Waals surface area contributed by atoms with Crippen molar-refractivity contribution in [3.8, 4) is 5.82 Å². The molecule has 1 N–H and O–H groups in total. The second-order valence-corrected chi connectivity index (χ2v) is 10.4. The number of nitrogens with one attached hydrogen (secondary N) is 1. The number of anilines is 1. The van der Waals surface area contributed by atoms with Crippen LogP contribution < -0.4 is 10.2 Å². The summed E-state index contributed by atoms with van der Waals surface area (Å²) in [6.45, 7) is 0. The van der Waals surface area contributed by atoms with Crippen molar-refractivity contribution in [2.24, 2.45) is 0 Å². The molecule has 39 heavy (non-hydrogen) atoms. The second kappa shape index (κ2) is 10.7. The van der Waals surface area contributed by atoms with Crippen LogP contribution in [0.5, 0.6) is 0 Å². The summed E-state index contributed by atoms with van der Waals surface area (Å²) in [5, 5.41) is 15.1. The first-order valence-electron chi connectivity index (χ1n) is 12.2. The standard InChI is InChI=1S/C29H22N6O2S2/c36-35(37)21-11-15-23(16-12-21)39-22-13-9-20(10-14-22)34-28(27(32-29(34)38)24-6-1-3-17-30-24)25-7-5-19-33(25)26-8-2-4-18-31-26/h1-19,27-28H,(H,32,38)/t27-,28+/m1/s1. The highest BCUT2D eigenvalue weighted by molar-refractivity contribution is 7.99. The molecule has 0 unspecified atom stereocenters. The van der Waals surface area contributed by atoms with Gasteiger partial charge in [-0.05, 0) is 85.0 Å². The van der Waals surface area contributed by atoms with Gasteiger partial charge in [0, 0.05) is 51.9 Å². The molecule has 4 heterocycles. The first kappa shape index (κ1) is 24.8. The average Bonchev–Trinajstić information content (AvgIpc) is 3.59. The van der Waals surface area contributed by atoms with Crippen molar-refractivity contribution in [2.75, 3.05) is 4.90 Å². The summed E-state index contributed by atoms with van der Waals surface area (Å²) in [6.07, 6.45) is 5.59. The van der Waals surface area contributed by atoms with Crippen LogP contribution in [0.4, 0.5) is 11.4 Å². The molecule has 0 aliphatic carbocycles. The number of benzene rings is 2. The molecular weight excluding hydrogens is 528 g/mol. The molecule has 3 aromatic heterocycles. The van der Waals surface area contributed by atoms with Gasteiger partial charge in [-0.15, -0.1) is 0 Å². The molecule has 0 bridgehead atoms. The van der Waals surface area contributed by atoms with Gasteiger partial charge in [0.25, 0.3) is 5.69 Å². The molecule has 8 nitrogen and oxygen atoms in total. The Labute approximate surface area is 234 Å². The highest BCUT2D eigenvalue weighted by atomic mass is 32.2. The van der Waals surface area contributed by atoms with Crippen LogP contribution >= 0.6 is 24.0 Å². The second-order valence-electron chi connectivity index (χ2n) is 8.83. The molecule has 1 saturated heterocycles. The Morgan fingerprint density at radius 2 is 1.54 bits per heavy atom. The Morgan fingerprint density at radius 3 is 2.18 bits per heavy atom. The number of hydrogen-bond acceptors (Lipinski definition) is 6. The summed E-state index contributed by atoms with van der Waals surface area (Å²) < 4.78 is 2.09. The van der Waals surface area contributed by atoms with Gasteiger partial charge in [0.1, 0.15) is 11.9 Å². The van der Waals surface area contributed by atoms with Crippen molar-refractivity contribution >= 4 is 40.5 Å². The molecule has 1 aliphatic heterocycles. The van der Waals surface area contributed by atoms with Crippen LogP contribution in [-0.2, 0) is 0 Å². The number of hydrogen-bond donors (Lipinski definition) is 1. The smallest absolute Gasteiger partial charge is 0.269 e. The van der Waals surface area contributed by atoms with Gasteiger partial charge < -0.3 is 14.8 Å². The Morgan fingerprint density at radius 1 is 0.846 bits per heavy atom. The number of pyridine rings is 2. The normalized spacial score (nSPS) is 16.7. The van der Waals surface area contributed by atoms with E-state index in [0.29, 0.717) is 5.11 Å². The van der Waals surface area contributed by atoms with Crippen LogP contribution in [0.3, 0.4) is 0 Å². The first-order valence-corrected chi connectivity index (χ1v) is 13.4. The predicted molar refractivity (Wildman–Crippen MR) is 155 cm³/mol. The Kier molecular flexibility index (Phi) is 6.78. The molecule has 0 saturated carbocycles. The third kappa shape index (κ3) is 4.99. The average molecular weight is 551 g/mol. The molecule has 5 aromatic rings. The maximum atomic E-state index is 11.0. The van der Waals surface area contributed by atoms with Crippen molar-refractivity contribution in [1.82, 2.24) is 19.9 Å². The molecule has 0 amide bonds. The number of aromatic nitrogens is 3. The summed E-state index contributed by atoms with van der Waals surface area (Å²) in [7, 11) is 0. The fourth-order valence-electron chi connectivity index (χ4n) is 4.72. The topological polar surface area (TPSA) is 89.1 Å². The van der Waals surface area contributed by atoms with E-state index in [1.807, 2.05) is 72.9 Å². The summed E-state index contributed by atoms with van der Waals surface area (Å²) >= 11 is 7.43. The zero-order valence-electron chi connectivity index (χ0n) is 20.5. The molecule has 1 fully saturated rings. The van der Waals surface area contributed by atoms with Crippen LogP contribution in [0.2, 0.25) is 0 Å². The van der Waals surface area contributed by atoms with E-state index in [0.717, 1.165) is 32.7 Å². The summed E-state index contributed by atoms with van der Waals surface area (Å²) in [5.41, 5.74) is 2.94. The molecule has 0 radical (unpaired) electrons. The Balaban J connectivity index is 1.35. The van der Waals surface area contributed by atoms with Crippen molar-refractivity contribution in [2.45, 2.75) is 21.9 Å². The molecule has 0 spiro atoms. The van der Waals surface area contributed by atoms with E-state index in [4.69, 9.17) is 12.2 Å². The van der Waals surface area contributed by atoms with E-state index in [-0.39, 0.29) is 17.8 Å². The molecule has 2 atom stereocenters. The summed E-state index contributed by atoms with van der Waals surface area (Å²) in [6, 6.07) is 30.2. The van der Waals surface area contributed by atoms with Gasteiger partial charge >= 0.3 is 0 Å². The molecule has 6 rings (SSSR count). The van der Waals surface area contributed by atoms with Crippen LogP contribution in [0.25, 0.3) is 5.82 Å². The number of nitrogens with zero attached hydrogens (tertiary/aromatic N) is 5. The predicted octanol–water partition coefficient (Wildman–Crippen LogP) is 6.50. The maximum Gasteiger partial charge on any atom is 0.269 e. The third-order valence-corrected chi connectivity index (χ3v) is 7.81. The largest absolute Gasteiger partial charge is 0.351 e. The van der Waals surface area contributed by atoms with Crippen LogP contribution in [0.1, 0.15) is 23.5 Å². The van der Waals surface area contributed by atoms with E-state index in [9.17, 15) is 10.1 Å². The van der Waals surface area contributed by atoms with Crippen molar-refractivity contribution in [3.63, 3.8) is 0 Å². The number of nitro groups is 1. The Bertz CT molecular complexity index is 1610. The minimum absolute atomic E-state index is 0.0775. The lowest BCUT2D eigenvalue weighted by atomic mass is 10.0. The summed E-state index contributed by atoms with van der Waals surface area (Å²) in [5.74, 6) is 0.824. The van der Waals surface area contributed by atoms with Gasteiger partial charge in [-0.1, -0.05) is 23.9 Å². The zero-order chi connectivity index (χ0) is 26.8. The number of rotatable bonds is 7. The Hall–Kier alpha value is -4.54. The highest BCUT2D eigenvalue weighted by Crippen LogP contribution is 2.42. The van der Waals surface area contributed by atoms with Gasteiger partial charge in [-0.3, -0.25) is 15.1 Å². The fourth-order valence-corrected chi connectivity index (χ4v) is 5.88.